The van der Waals surface area contributed by atoms with Gasteiger partial charge in [-0.2, -0.15) is 0 Å². The summed E-state index contributed by atoms with van der Waals surface area (Å²) < 4.78 is 21.7. The van der Waals surface area contributed by atoms with Gasteiger partial charge in [-0.25, -0.2) is 0 Å². The van der Waals surface area contributed by atoms with E-state index in [1.54, 1.807) is 32.4 Å². The van der Waals surface area contributed by atoms with Crippen LogP contribution in [0.3, 0.4) is 0 Å². The maximum absolute atomic E-state index is 8.69. The third-order valence-corrected chi connectivity index (χ3v) is 3.09. The number of methoxy groups -OCH3 is 2. The van der Waals surface area contributed by atoms with E-state index in [9.17, 15) is 0 Å². The number of hydrogen-bond acceptors (Lipinski definition) is 6. The Labute approximate surface area is 134 Å². The standard InChI is InChI=1S/C17H19NO5/c1-20-14-8-7-13(12-18-19)17(11-14)23-10-9-22-16-6-4-3-5-15(16)21-2/h3-8,11-12,19H,9-10H2,1-2H3. The first-order chi connectivity index (χ1) is 11.3. The molecule has 6 heteroatoms. The number of oxime groups is 1. The van der Waals surface area contributed by atoms with E-state index in [2.05, 4.69) is 5.16 Å². The minimum Gasteiger partial charge on any atom is -0.497 e. The zero-order chi connectivity index (χ0) is 16.5. The molecular formula is C17H19NO5. The highest BCUT2D eigenvalue weighted by molar-refractivity contribution is 5.83. The third kappa shape index (κ3) is 4.54. The van der Waals surface area contributed by atoms with Gasteiger partial charge < -0.3 is 24.2 Å². The average molecular weight is 317 g/mol. The fourth-order valence-electron chi connectivity index (χ4n) is 1.98. The molecule has 0 saturated carbocycles. The molecule has 122 valence electrons. The number of benzene rings is 2. The summed E-state index contributed by atoms with van der Waals surface area (Å²) in [6.45, 7) is 0.658. The predicted molar refractivity (Wildman–Crippen MR) is 86.4 cm³/mol. The van der Waals surface area contributed by atoms with E-state index >= 15 is 0 Å². The number of nitrogens with zero attached hydrogens (tertiary/aromatic N) is 1. The van der Waals surface area contributed by atoms with Crippen LogP contribution >= 0.6 is 0 Å². The molecule has 0 amide bonds. The van der Waals surface area contributed by atoms with E-state index in [1.807, 2.05) is 24.3 Å². The lowest BCUT2D eigenvalue weighted by molar-refractivity contribution is 0.210. The van der Waals surface area contributed by atoms with Crippen LogP contribution in [-0.2, 0) is 0 Å². The van der Waals surface area contributed by atoms with Gasteiger partial charge in [0.25, 0.3) is 0 Å². The highest BCUT2D eigenvalue weighted by atomic mass is 16.5. The van der Waals surface area contributed by atoms with Gasteiger partial charge in [-0.15, -0.1) is 0 Å². The quantitative estimate of drug-likeness (QED) is 0.351. The molecule has 0 aliphatic carbocycles. The molecule has 0 aliphatic rings. The molecule has 2 aromatic carbocycles. The molecule has 0 saturated heterocycles. The monoisotopic (exact) mass is 317 g/mol. The molecule has 0 heterocycles. The predicted octanol–water partition coefficient (Wildman–Crippen LogP) is 2.97. The summed E-state index contributed by atoms with van der Waals surface area (Å²) in [5.74, 6) is 2.52. The van der Waals surface area contributed by atoms with Crippen LogP contribution in [0.25, 0.3) is 0 Å². The first-order valence-electron chi connectivity index (χ1n) is 7.02. The van der Waals surface area contributed by atoms with Gasteiger partial charge >= 0.3 is 0 Å². The Kier molecular flexibility index (Phi) is 6.11. The average Bonchev–Trinajstić information content (AvgIpc) is 2.60. The lowest BCUT2D eigenvalue weighted by atomic mass is 10.2. The van der Waals surface area contributed by atoms with Crippen molar-refractivity contribution in [1.82, 2.24) is 0 Å². The zero-order valence-corrected chi connectivity index (χ0v) is 13.1. The van der Waals surface area contributed by atoms with Crippen molar-refractivity contribution in [3.8, 4) is 23.0 Å². The Balaban J connectivity index is 1.95. The summed E-state index contributed by atoms with van der Waals surface area (Å²) in [6, 6.07) is 12.6. The normalized spacial score (nSPS) is 10.5. The lowest BCUT2D eigenvalue weighted by Gasteiger charge is -2.13. The molecule has 0 radical (unpaired) electrons. The van der Waals surface area contributed by atoms with Crippen molar-refractivity contribution in [3.05, 3.63) is 48.0 Å². The summed E-state index contributed by atoms with van der Waals surface area (Å²) in [5.41, 5.74) is 0.644. The van der Waals surface area contributed by atoms with Crippen LogP contribution in [-0.4, -0.2) is 38.9 Å². The third-order valence-electron chi connectivity index (χ3n) is 3.09. The smallest absolute Gasteiger partial charge is 0.161 e. The Morgan fingerprint density at radius 3 is 2.26 bits per heavy atom. The van der Waals surface area contributed by atoms with Gasteiger partial charge in [0.15, 0.2) is 11.5 Å². The minimum absolute atomic E-state index is 0.317. The molecule has 0 unspecified atom stereocenters. The first-order valence-corrected chi connectivity index (χ1v) is 7.02. The van der Waals surface area contributed by atoms with Crippen LogP contribution in [0, 0.1) is 0 Å². The van der Waals surface area contributed by atoms with Crippen LogP contribution < -0.4 is 18.9 Å². The maximum atomic E-state index is 8.69. The second kappa shape index (κ2) is 8.53. The van der Waals surface area contributed by atoms with Crippen molar-refractivity contribution in [2.24, 2.45) is 5.16 Å². The van der Waals surface area contributed by atoms with Crippen LogP contribution in [0.4, 0.5) is 0 Å². The summed E-state index contributed by atoms with van der Waals surface area (Å²) in [5, 5.41) is 11.7. The van der Waals surface area contributed by atoms with Crippen LogP contribution in [0.1, 0.15) is 5.56 Å². The molecule has 0 spiro atoms. The molecule has 0 atom stereocenters. The van der Waals surface area contributed by atoms with Gasteiger partial charge in [0, 0.05) is 11.6 Å². The molecule has 6 nitrogen and oxygen atoms in total. The van der Waals surface area contributed by atoms with Gasteiger partial charge in [-0.1, -0.05) is 17.3 Å². The fraction of sp³-hybridized carbons (Fsp3) is 0.235. The second-order valence-electron chi connectivity index (χ2n) is 4.50. The van der Waals surface area contributed by atoms with E-state index in [-0.39, 0.29) is 0 Å². The molecule has 0 aromatic heterocycles. The van der Waals surface area contributed by atoms with Gasteiger partial charge in [0.2, 0.25) is 0 Å². The SMILES string of the molecule is COc1ccc(C=NO)c(OCCOc2ccccc2OC)c1. The van der Waals surface area contributed by atoms with E-state index in [0.717, 1.165) is 0 Å². The van der Waals surface area contributed by atoms with Crippen molar-refractivity contribution >= 4 is 6.21 Å². The molecule has 0 bridgehead atoms. The molecule has 2 aromatic rings. The maximum Gasteiger partial charge on any atom is 0.161 e. The summed E-state index contributed by atoms with van der Waals surface area (Å²) in [4.78, 5) is 0. The van der Waals surface area contributed by atoms with Gasteiger partial charge in [0.05, 0.1) is 20.4 Å². The summed E-state index contributed by atoms with van der Waals surface area (Å²) >= 11 is 0. The van der Waals surface area contributed by atoms with E-state index < -0.39 is 0 Å². The van der Waals surface area contributed by atoms with E-state index in [1.165, 1.54) is 6.21 Å². The molecule has 2 rings (SSSR count). The van der Waals surface area contributed by atoms with Gasteiger partial charge in [-0.3, -0.25) is 0 Å². The van der Waals surface area contributed by atoms with Crippen molar-refractivity contribution in [2.45, 2.75) is 0 Å². The Morgan fingerprint density at radius 1 is 0.913 bits per heavy atom. The minimum atomic E-state index is 0.317. The lowest BCUT2D eigenvalue weighted by Crippen LogP contribution is -2.10. The molecular weight excluding hydrogens is 298 g/mol. The first kappa shape index (κ1) is 16.5. The zero-order valence-electron chi connectivity index (χ0n) is 13.1. The van der Waals surface area contributed by atoms with E-state index in [0.29, 0.717) is 41.8 Å². The largest absolute Gasteiger partial charge is 0.497 e. The highest BCUT2D eigenvalue weighted by Crippen LogP contribution is 2.26. The molecule has 0 fully saturated rings. The Morgan fingerprint density at radius 2 is 1.61 bits per heavy atom. The molecule has 23 heavy (non-hydrogen) atoms. The molecule has 1 N–H and O–H groups in total. The van der Waals surface area contributed by atoms with Crippen LogP contribution in [0.15, 0.2) is 47.6 Å². The van der Waals surface area contributed by atoms with Crippen molar-refractivity contribution < 1.29 is 24.2 Å². The van der Waals surface area contributed by atoms with E-state index in [4.69, 9.17) is 24.2 Å². The summed E-state index contributed by atoms with van der Waals surface area (Å²) in [7, 11) is 3.17. The molecule has 0 aliphatic heterocycles. The van der Waals surface area contributed by atoms with Crippen molar-refractivity contribution in [2.75, 3.05) is 27.4 Å². The fourth-order valence-corrected chi connectivity index (χ4v) is 1.98. The topological polar surface area (TPSA) is 69.5 Å². The number of hydrogen-bond donors (Lipinski definition) is 1. The van der Waals surface area contributed by atoms with Crippen LogP contribution in [0.5, 0.6) is 23.0 Å². The Hall–Kier alpha value is -2.89. The number of ether oxygens (including phenoxy) is 4. The number of rotatable bonds is 8. The number of para-hydroxylation sites is 2. The van der Waals surface area contributed by atoms with Crippen molar-refractivity contribution in [3.63, 3.8) is 0 Å². The highest BCUT2D eigenvalue weighted by Gasteiger charge is 2.06. The van der Waals surface area contributed by atoms with Crippen LogP contribution in [0.2, 0.25) is 0 Å². The Bertz CT molecular complexity index is 657. The second-order valence-corrected chi connectivity index (χ2v) is 4.50. The van der Waals surface area contributed by atoms with Crippen molar-refractivity contribution in [1.29, 1.82) is 0 Å². The van der Waals surface area contributed by atoms with Gasteiger partial charge in [-0.05, 0) is 24.3 Å². The van der Waals surface area contributed by atoms with Gasteiger partial charge in [0.1, 0.15) is 24.7 Å². The summed E-state index contributed by atoms with van der Waals surface area (Å²) in [6.07, 6.45) is 1.30.